The number of furan rings is 1. The molecule has 30 heavy (non-hydrogen) atoms. The highest BCUT2D eigenvalue weighted by atomic mass is 16.3. The van der Waals surface area contributed by atoms with Crippen LogP contribution < -0.4 is 5.32 Å². The van der Waals surface area contributed by atoms with Crippen molar-refractivity contribution in [2.75, 3.05) is 13.1 Å². The van der Waals surface area contributed by atoms with Crippen LogP contribution in [0.1, 0.15) is 40.7 Å². The standard InChI is InChI=1S/C25H30N2O3/c1-17-3-8-23-21(16-30-25(23)18(17)2)13-24(29)26-14-19-4-6-20(7-5-19)15-27-11-9-22(28)10-12-27/h3-8,16,22,28H,9-15H2,1-2H3,(H,26,29). The average Bonchev–Trinajstić information content (AvgIpc) is 3.15. The van der Waals surface area contributed by atoms with Crippen LogP contribution in [0.15, 0.2) is 47.1 Å². The third kappa shape index (κ3) is 4.74. The summed E-state index contributed by atoms with van der Waals surface area (Å²) < 4.78 is 5.71. The first-order valence-corrected chi connectivity index (χ1v) is 10.7. The van der Waals surface area contributed by atoms with Crippen molar-refractivity contribution in [2.45, 2.75) is 52.3 Å². The second kappa shape index (κ2) is 9.02. The van der Waals surface area contributed by atoms with Gasteiger partial charge in [0.05, 0.1) is 18.8 Å². The number of aliphatic hydroxyl groups is 1. The number of hydrogen-bond acceptors (Lipinski definition) is 4. The van der Waals surface area contributed by atoms with E-state index in [0.717, 1.165) is 60.1 Å². The molecule has 5 nitrogen and oxygen atoms in total. The van der Waals surface area contributed by atoms with E-state index in [9.17, 15) is 9.90 Å². The molecule has 158 valence electrons. The number of nitrogens with zero attached hydrogens (tertiary/aromatic N) is 1. The van der Waals surface area contributed by atoms with Crippen LogP contribution in [0.2, 0.25) is 0 Å². The second-order valence-electron chi connectivity index (χ2n) is 8.42. The number of rotatable bonds is 6. The van der Waals surface area contributed by atoms with E-state index < -0.39 is 0 Å². The van der Waals surface area contributed by atoms with Gasteiger partial charge in [0, 0.05) is 37.1 Å². The topological polar surface area (TPSA) is 65.7 Å². The molecule has 1 aliphatic heterocycles. The molecule has 0 radical (unpaired) electrons. The number of benzene rings is 2. The summed E-state index contributed by atoms with van der Waals surface area (Å²) in [5.41, 5.74) is 6.46. The van der Waals surface area contributed by atoms with Crippen LogP contribution in [0.3, 0.4) is 0 Å². The van der Waals surface area contributed by atoms with E-state index >= 15 is 0 Å². The molecule has 1 aromatic heterocycles. The number of hydrogen-bond donors (Lipinski definition) is 2. The molecule has 0 atom stereocenters. The van der Waals surface area contributed by atoms with Crippen LogP contribution >= 0.6 is 0 Å². The number of carbonyl (C=O) groups excluding carboxylic acids is 1. The Morgan fingerprint density at radius 2 is 1.80 bits per heavy atom. The van der Waals surface area contributed by atoms with Crippen molar-refractivity contribution >= 4 is 16.9 Å². The van der Waals surface area contributed by atoms with Crippen LogP contribution in [0, 0.1) is 13.8 Å². The number of aryl methyl sites for hydroxylation is 2. The van der Waals surface area contributed by atoms with Gasteiger partial charge in [0.1, 0.15) is 5.58 Å². The van der Waals surface area contributed by atoms with E-state index in [2.05, 4.69) is 47.5 Å². The SMILES string of the molecule is Cc1ccc2c(CC(=O)NCc3ccc(CN4CCC(O)CC4)cc3)coc2c1C. The van der Waals surface area contributed by atoms with Gasteiger partial charge in [-0.25, -0.2) is 0 Å². The van der Waals surface area contributed by atoms with Gasteiger partial charge in [-0.3, -0.25) is 9.69 Å². The molecule has 0 saturated carbocycles. The van der Waals surface area contributed by atoms with E-state index in [1.807, 2.05) is 13.0 Å². The van der Waals surface area contributed by atoms with E-state index in [1.54, 1.807) is 6.26 Å². The fourth-order valence-corrected chi connectivity index (χ4v) is 4.06. The molecule has 1 saturated heterocycles. The molecule has 0 unspecified atom stereocenters. The second-order valence-corrected chi connectivity index (χ2v) is 8.42. The lowest BCUT2D eigenvalue weighted by molar-refractivity contribution is -0.120. The summed E-state index contributed by atoms with van der Waals surface area (Å²) in [4.78, 5) is 14.8. The highest BCUT2D eigenvalue weighted by Gasteiger charge is 2.17. The van der Waals surface area contributed by atoms with Gasteiger partial charge in [0.2, 0.25) is 5.91 Å². The molecule has 0 aliphatic carbocycles. The molecule has 1 amide bonds. The van der Waals surface area contributed by atoms with Crippen molar-refractivity contribution in [1.29, 1.82) is 0 Å². The molecule has 2 aromatic carbocycles. The average molecular weight is 407 g/mol. The summed E-state index contributed by atoms with van der Waals surface area (Å²) in [5.74, 6) is -0.00752. The van der Waals surface area contributed by atoms with Crippen LogP contribution in [0.4, 0.5) is 0 Å². The zero-order valence-corrected chi connectivity index (χ0v) is 17.8. The van der Waals surface area contributed by atoms with Crippen molar-refractivity contribution in [3.05, 3.63) is 70.5 Å². The number of likely N-dealkylation sites (tertiary alicyclic amines) is 1. The van der Waals surface area contributed by atoms with Gasteiger partial charge < -0.3 is 14.8 Å². The van der Waals surface area contributed by atoms with Crippen LogP contribution in [0.5, 0.6) is 0 Å². The maximum absolute atomic E-state index is 12.5. The van der Waals surface area contributed by atoms with Crippen LogP contribution in [-0.4, -0.2) is 35.1 Å². The lowest BCUT2D eigenvalue weighted by Crippen LogP contribution is -2.35. The maximum Gasteiger partial charge on any atom is 0.224 e. The first kappa shape index (κ1) is 20.6. The van der Waals surface area contributed by atoms with E-state index in [-0.39, 0.29) is 12.0 Å². The minimum absolute atomic E-state index is 0.00752. The number of fused-ring (bicyclic) bond motifs is 1. The van der Waals surface area contributed by atoms with Crippen LogP contribution in [0.25, 0.3) is 11.0 Å². The summed E-state index contributed by atoms with van der Waals surface area (Å²) in [6, 6.07) is 12.5. The molecule has 1 aliphatic rings. The minimum Gasteiger partial charge on any atom is -0.464 e. The van der Waals surface area contributed by atoms with Gasteiger partial charge in [-0.05, 0) is 48.9 Å². The normalized spacial score (nSPS) is 15.6. The Kier molecular flexibility index (Phi) is 6.21. The van der Waals surface area contributed by atoms with Crippen LogP contribution in [-0.2, 0) is 24.3 Å². The van der Waals surface area contributed by atoms with Gasteiger partial charge >= 0.3 is 0 Å². The van der Waals surface area contributed by atoms with E-state index in [1.165, 1.54) is 11.1 Å². The lowest BCUT2D eigenvalue weighted by atomic mass is 10.0. The molecule has 2 N–H and O–H groups in total. The lowest BCUT2D eigenvalue weighted by Gasteiger charge is -2.29. The number of carbonyl (C=O) groups is 1. The van der Waals surface area contributed by atoms with Crippen molar-refractivity contribution in [1.82, 2.24) is 10.2 Å². The largest absolute Gasteiger partial charge is 0.464 e. The quantitative estimate of drug-likeness (QED) is 0.652. The Hall–Kier alpha value is -2.63. The zero-order valence-electron chi connectivity index (χ0n) is 17.8. The Morgan fingerprint density at radius 3 is 2.53 bits per heavy atom. The highest BCUT2D eigenvalue weighted by molar-refractivity contribution is 5.89. The Bertz CT molecular complexity index is 1010. The number of amides is 1. The molecule has 2 heterocycles. The van der Waals surface area contributed by atoms with Crippen molar-refractivity contribution < 1.29 is 14.3 Å². The Morgan fingerprint density at radius 1 is 1.10 bits per heavy atom. The van der Waals surface area contributed by atoms with Crippen molar-refractivity contribution in [3.63, 3.8) is 0 Å². The third-order valence-electron chi connectivity index (χ3n) is 6.17. The third-order valence-corrected chi connectivity index (χ3v) is 6.17. The van der Waals surface area contributed by atoms with Gasteiger partial charge in [-0.2, -0.15) is 0 Å². The number of aliphatic hydroxyl groups excluding tert-OH is 1. The van der Waals surface area contributed by atoms with Gasteiger partial charge in [0.15, 0.2) is 0 Å². The summed E-state index contributed by atoms with van der Waals surface area (Å²) in [5, 5.41) is 13.7. The molecule has 0 spiro atoms. The summed E-state index contributed by atoms with van der Waals surface area (Å²) in [6.45, 7) is 7.42. The Labute approximate surface area is 177 Å². The number of piperidine rings is 1. The summed E-state index contributed by atoms with van der Waals surface area (Å²) in [6.07, 6.45) is 3.59. The van der Waals surface area contributed by atoms with Gasteiger partial charge in [-0.15, -0.1) is 0 Å². The first-order chi connectivity index (χ1) is 14.5. The van der Waals surface area contributed by atoms with E-state index in [0.29, 0.717) is 13.0 Å². The van der Waals surface area contributed by atoms with Gasteiger partial charge in [0.25, 0.3) is 0 Å². The molecule has 4 rings (SSSR count). The highest BCUT2D eigenvalue weighted by Crippen LogP contribution is 2.26. The van der Waals surface area contributed by atoms with Gasteiger partial charge in [-0.1, -0.05) is 36.4 Å². The number of nitrogens with one attached hydrogen (secondary N) is 1. The molecular formula is C25H30N2O3. The molecule has 0 bridgehead atoms. The fourth-order valence-electron chi connectivity index (χ4n) is 4.06. The smallest absolute Gasteiger partial charge is 0.224 e. The molecule has 5 heteroatoms. The first-order valence-electron chi connectivity index (χ1n) is 10.7. The van der Waals surface area contributed by atoms with E-state index in [4.69, 9.17) is 4.42 Å². The molecule has 1 fully saturated rings. The molecular weight excluding hydrogens is 376 g/mol. The summed E-state index contributed by atoms with van der Waals surface area (Å²) in [7, 11) is 0. The minimum atomic E-state index is -0.139. The summed E-state index contributed by atoms with van der Waals surface area (Å²) >= 11 is 0. The zero-order chi connectivity index (χ0) is 21.1. The maximum atomic E-state index is 12.5. The predicted octanol–water partition coefficient (Wildman–Crippen LogP) is 3.87. The fraction of sp³-hybridized carbons (Fsp3) is 0.400. The van der Waals surface area contributed by atoms with Crippen molar-refractivity contribution in [2.24, 2.45) is 0 Å². The Balaban J connectivity index is 1.29. The van der Waals surface area contributed by atoms with Crippen molar-refractivity contribution in [3.8, 4) is 0 Å². The molecule has 3 aromatic rings. The predicted molar refractivity (Wildman–Crippen MR) is 118 cm³/mol. The monoisotopic (exact) mass is 406 g/mol.